The highest BCUT2D eigenvalue weighted by molar-refractivity contribution is 7.99. The maximum absolute atomic E-state index is 12.9. The molecule has 7 heteroatoms. The van der Waals surface area contributed by atoms with Crippen LogP contribution >= 0.6 is 23.5 Å². The molecule has 27 heavy (non-hydrogen) atoms. The van der Waals surface area contributed by atoms with Gasteiger partial charge in [0.15, 0.2) is 0 Å². The molecule has 0 bridgehead atoms. The molecular weight excluding hydrogens is 381 g/mol. The zero-order valence-corrected chi connectivity index (χ0v) is 16.8. The monoisotopic (exact) mass is 403 g/mol. The lowest BCUT2D eigenvalue weighted by atomic mass is 10.3. The number of rotatable bonds is 9. The Bertz CT molecular complexity index is 896. The van der Waals surface area contributed by atoms with Gasteiger partial charge in [0, 0.05) is 11.4 Å². The summed E-state index contributed by atoms with van der Waals surface area (Å²) in [5.41, 5.74) is 1.91. The minimum Gasteiger partial charge on any atom is -0.355 e. The molecule has 0 saturated carbocycles. The molecule has 3 rings (SSSR count). The van der Waals surface area contributed by atoms with Crippen molar-refractivity contribution in [1.82, 2.24) is 14.9 Å². The summed E-state index contributed by atoms with van der Waals surface area (Å²) in [6.45, 7) is 0.902. The SMILES string of the molecule is CSCc1nc2ccccc2n1CC(=O)NCCCSc1ccc(F)cc1. The summed E-state index contributed by atoms with van der Waals surface area (Å²) in [5, 5.41) is 2.98. The highest BCUT2D eigenvalue weighted by Crippen LogP contribution is 2.19. The Morgan fingerprint density at radius 1 is 1.19 bits per heavy atom. The third-order valence-electron chi connectivity index (χ3n) is 4.03. The fourth-order valence-electron chi connectivity index (χ4n) is 2.76. The van der Waals surface area contributed by atoms with Gasteiger partial charge in [-0.15, -0.1) is 11.8 Å². The zero-order valence-electron chi connectivity index (χ0n) is 15.2. The maximum Gasteiger partial charge on any atom is 0.240 e. The van der Waals surface area contributed by atoms with Crippen molar-refractivity contribution in [2.75, 3.05) is 18.6 Å². The average Bonchev–Trinajstić information content (AvgIpc) is 3.01. The molecule has 0 unspecified atom stereocenters. The average molecular weight is 404 g/mol. The van der Waals surface area contributed by atoms with E-state index in [1.54, 1.807) is 35.7 Å². The highest BCUT2D eigenvalue weighted by Gasteiger charge is 2.12. The second-order valence-corrected chi connectivity index (χ2v) is 8.08. The van der Waals surface area contributed by atoms with Crippen molar-refractivity contribution in [3.05, 3.63) is 60.2 Å². The molecule has 1 heterocycles. The summed E-state index contributed by atoms with van der Waals surface area (Å²) in [4.78, 5) is 18.0. The molecule has 4 nitrogen and oxygen atoms in total. The van der Waals surface area contributed by atoms with Crippen LogP contribution in [0.4, 0.5) is 4.39 Å². The second-order valence-electron chi connectivity index (χ2n) is 6.04. The molecule has 0 aliphatic heterocycles. The number of halogens is 1. The van der Waals surface area contributed by atoms with E-state index in [1.807, 2.05) is 35.1 Å². The molecule has 1 aromatic heterocycles. The Labute approximate surface area is 166 Å². The Morgan fingerprint density at radius 2 is 1.96 bits per heavy atom. The van der Waals surface area contributed by atoms with E-state index in [0.29, 0.717) is 6.54 Å². The van der Waals surface area contributed by atoms with Gasteiger partial charge in [0.1, 0.15) is 18.2 Å². The minimum absolute atomic E-state index is 0.00714. The molecule has 0 fully saturated rings. The first-order valence-electron chi connectivity index (χ1n) is 8.75. The van der Waals surface area contributed by atoms with E-state index < -0.39 is 0 Å². The lowest BCUT2D eigenvalue weighted by molar-refractivity contribution is -0.121. The van der Waals surface area contributed by atoms with Gasteiger partial charge in [0.05, 0.1) is 16.8 Å². The molecule has 142 valence electrons. The summed E-state index contributed by atoms with van der Waals surface area (Å²) in [7, 11) is 0. The summed E-state index contributed by atoms with van der Waals surface area (Å²) in [6, 6.07) is 14.4. The van der Waals surface area contributed by atoms with Crippen molar-refractivity contribution < 1.29 is 9.18 Å². The smallest absolute Gasteiger partial charge is 0.240 e. The van der Waals surface area contributed by atoms with Crippen LogP contribution in [0.5, 0.6) is 0 Å². The number of aromatic nitrogens is 2. The Morgan fingerprint density at radius 3 is 2.74 bits per heavy atom. The van der Waals surface area contributed by atoms with Gasteiger partial charge in [0.2, 0.25) is 5.91 Å². The van der Waals surface area contributed by atoms with Crippen LogP contribution in [-0.2, 0) is 17.1 Å². The third kappa shape index (κ3) is 5.49. The summed E-state index contributed by atoms with van der Waals surface area (Å²) in [5.74, 6) is 2.34. The van der Waals surface area contributed by atoms with Crippen LogP contribution in [0.15, 0.2) is 53.4 Å². The van der Waals surface area contributed by atoms with Gasteiger partial charge in [-0.1, -0.05) is 12.1 Å². The van der Waals surface area contributed by atoms with Gasteiger partial charge in [-0.3, -0.25) is 4.79 Å². The number of para-hydroxylation sites is 2. The van der Waals surface area contributed by atoms with Crippen LogP contribution < -0.4 is 5.32 Å². The maximum atomic E-state index is 12.9. The molecule has 1 N–H and O–H groups in total. The topological polar surface area (TPSA) is 46.9 Å². The van der Waals surface area contributed by atoms with Crippen molar-refractivity contribution >= 4 is 40.5 Å². The molecule has 2 aromatic carbocycles. The summed E-state index contributed by atoms with van der Waals surface area (Å²) < 4.78 is 14.9. The summed E-state index contributed by atoms with van der Waals surface area (Å²) in [6.07, 6.45) is 2.89. The lowest BCUT2D eigenvalue weighted by Crippen LogP contribution is -2.29. The second kappa shape index (κ2) is 9.80. The molecule has 0 atom stereocenters. The predicted molar refractivity (Wildman–Crippen MR) is 112 cm³/mol. The van der Waals surface area contributed by atoms with Crippen LogP contribution in [0, 0.1) is 5.82 Å². The van der Waals surface area contributed by atoms with Gasteiger partial charge < -0.3 is 9.88 Å². The number of benzene rings is 2. The standard InChI is InChI=1S/C20H22FN3OS2/c1-26-14-19-23-17-5-2-3-6-18(17)24(19)13-20(25)22-11-4-12-27-16-9-7-15(21)8-10-16/h2-3,5-10H,4,11-14H2,1H3,(H,22,25). The normalized spacial score (nSPS) is 11.0. The number of fused-ring (bicyclic) bond motifs is 1. The van der Waals surface area contributed by atoms with E-state index in [-0.39, 0.29) is 18.3 Å². The number of imidazole rings is 1. The predicted octanol–water partition coefficient (Wildman–Crippen LogP) is 4.34. The zero-order chi connectivity index (χ0) is 19.1. The van der Waals surface area contributed by atoms with E-state index in [4.69, 9.17) is 0 Å². The van der Waals surface area contributed by atoms with E-state index >= 15 is 0 Å². The van der Waals surface area contributed by atoms with Crippen molar-refractivity contribution in [3.8, 4) is 0 Å². The molecule has 0 spiro atoms. The van der Waals surface area contributed by atoms with Gasteiger partial charge in [-0.05, 0) is 54.8 Å². The first-order chi connectivity index (χ1) is 13.2. The molecule has 0 radical (unpaired) electrons. The first-order valence-corrected chi connectivity index (χ1v) is 11.1. The lowest BCUT2D eigenvalue weighted by Gasteiger charge is -2.09. The van der Waals surface area contributed by atoms with Gasteiger partial charge in [0.25, 0.3) is 0 Å². The van der Waals surface area contributed by atoms with Crippen molar-refractivity contribution in [1.29, 1.82) is 0 Å². The van der Waals surface area contributed by atoms with E-state index in [2.05, 4.69) is 10.3 Å². The van der Waals surface area contributed by atoms with Crippen molar-refractivity contribution in [2.45, 2.75) is 23.6 Å². The number of hydrogen-bond donors (Lipinski definition) is 1. The van der Waals surface area contributed by atoms with Crippen molar-refractivity contribution in [2.24, 2.45) is 0 Å². The highest BCUT2D eigenvalue weighted by atomic mass is 32.2. The number of amides is 1. The number of carbonyl (C=O) groups is 1. The fourth-order valence-corrected chi connectivity index (χ4v) is 4.09. The third-order valence-corrected chi connectivity index (χ3v) is 5.68. The number of carbonyl (C=O) groups excluding carboxylic acids is 1. The fraction of sp³-hybridized carbons (Fsp3) is 0.300. The number of nitrogens with one attached hydrogen (secondary N) is 1. The Hall–Kier alpha value is -1.99. The number of thioether (sulfide) groups is 2. The van der Waals surface area contributed by atoms with Crippen LogP contribution in [0.2, 0.25) is 0 Å². The molecule has 1 amide bonds. The van der Waals surface area contributed by atoms with Crippen LogP contribution in [0.3, 0.4) is 0 Å². The van der Waals surface area contributed by atoms with Gasteiger partial charge in [-0.25, -0.2) is 9.37 Å². The van der Waals surface area contributed by atoms with Crippen LogP contribution in [0.1, 0.15) is 12.2 Å². The van der Waals surface area contributed by atoms with Crippen molar-refractivity contribution in [3.63, 3.8) is 0 Å². The Kier molecular flexibility index (Phi) is 7.18. The summed E-state index contributed by atoms with van der Waals surface area (Å²) >= 11 is 3.35. The van der Waals surface area contributed by atoms with Gasteiger partial charge >= 0.3 is 0 Å². The van der Waals surface area contributed by atoms with E-state index in [9.17, 15) is 9.18 Å². The molecule has 0 aliphatic rings. The van der Waals surface area contributed by atoms with Crippen LogP contribution in [0.25, 0.3) is 11.0 Å². The Balaban J connectivity index is 1.48. The molecule has 3 aromatic rings. The molecular formula is C20H22FN3OS2. The largest absolute Gasteiger partial charge is 0.355 e. The molecule has 0 aliphatic carbocycles. The quantitative estimate of drug-likeness (QED) is 0.427. The number of nitrogens with zero attached hydrogens (tertiary/aromatic N) is 2. The van der Waals surface area contributed by atoms with E-state index in [0.717, 1.165) is 39.7 Å². The first kappa shape index (κ1) is 19.8. The van der Waals surface area contributed by atoms with Gasteiger partial charge in [-0.2, -0.15) is 11.8 Å². The minimum atomic E-state index is -0.223. The molecule has 0 saturated heterocycles. The van der Waals surface area contributed by atoms with Crippen LogP contribution in [-0.4, -0.2) is 34.0 Å². The number of hydrogen-bond acceptors (Lipinski definition) is 4. The van der Waals surface area contributed by atoms with E-state index in [1.165, 1.54) is 12.1 Å².